The van der Waals surface area contributed by atoms with Crippen LogP contribution in [0, 0.1) is 0 Å². The number of carbonyl (C=O) groups excluding carboxylic acids is 1. The van der Waals surface area contributed by atoms with Crippen LogP contribution in [0.2, 0.25) is 0 Å². The zero-order valence-corrected chi connectivity index (χ0v) is 15.2. The number of amides is 1. The highest BCUT2D eigenvalue weighted by atomic mass is 16.2. The summed E-state index contributed by atoms with van der Waals surface area (Å²) in [5, 5.41) is 0. The standard InChI is InChI=1S/C21H27N3O/c1-3-18-11-7-8-14-24(18)19-12-13-20(22-15-19)21(25)23(2)16-17-9-5-4-6-10-17/h4-6,9-10,12-13,15,18H,3,7-8,11,14,16H2,1-2H3. The molecule has 25 heavy (non-hydrogen) atoms. The minimum atomic E-state index is -0.0407. The van der Waals surface area contributed by atoms with Gasteiger partial charge in [-0.05, 0) is 43.4 Å². The van der Waals surface area contributed by atoms with Crippen molar-refractivity contribution in [3.05, 3.63) is 59.9 Å². The lowest BCUT2D eigenvalue weighted by molar-refractivity contribution is 0.0779. The third-order valence-corrected chi connectivity index (χ3v) is 5.01. The summed E-state index contributed by atoms with van der Waals surface area (Å²) < 4.78 is 0. The van der Waals surface area contributed by atoms with Crippen LogP contribution in [-0.2, 0) is 6.54 Å². The summed E-state index contributed by atoms with van der Waals surface area (Å²) in [6, 6.07) is 14.5. The lowest BCUT2D eigenvalue weighted by Gasteiger charge is -2.37. The van der Waals surface area contributed by atoms with Crippen LogP contribution in [0.15, 0.2) is 48.7 Å². The summed E-state index contributed by atoms with van der Waals surface area (Å²) in [5.41, 5.74) is 2.76. The molecule has 1 unspecified atom stereocenters. The summed E-state index contributed by atoms with van der Waals surface area (Å²) in [6.45, 7) is 3.92. The maximum Gasteiger partial charge on any atom is 0.272 e. The van der Waals surface area contributed by atoms with Gasteiger partial charge in [-0.2, -0.15) is 0 Å². The number of piperidine rings is 1. The molecule has 4 nitrogen and oxygen atoms in total. The summed E-state index contributed by atoms with van der Waals surface area (Å²) in [6.07, 6.45) is 6.80. The number of nitrogens with zero attached hydrogens (tertiary/aromatic N) is 3. The summed E-state index contributed by atoms with van der Waals surface area (Å²) >= 11 is 0. The molecular formula is C21H27N3O. The van der Waals surface area contributed by atoms with E-state index in [1.165, 1.54) is 19.3 Å². The van der Waals surface area contributed by atoms with Gasteiger partial charge in [-0.15, -0.1) is 0 Å². The molecule has 0 radical (unpaired) electrons. The molecule has 1 aromatic heterocycles. The molecule has 1 atom stereocenters. The molecule has 0 aliphatic carbocycles. The molecule has 3 rings (SSSR count). The second-order valence-electron chi connectivity index (χ2n) is 6.80. The van der Waals surface area contributed by atoms with E-state index in [0.717, 1.165) is 24.2 Å². The fourth-order valence-electron chi connectivity index (χ4n) is 3.57. The maximum absolute atomic E-state index is 12.6. The third-order valence-electron chi connectivity index (χ3n) is 5.01. The van der Waals surface area contributed by atoms with Crippen molar-refractivity contribution >= 4 is 11.6 Å². The first-order valence-corrected chi connectivity index (χ1v) is 9.21. The van der Waals surface area contributed by atoms with Gasteiger partial charge in [0.05, 0.1) is 11.9 Å². The van der Waals surface area contributed by atoms with Crippen LogP contribution in [0.3, 0.4) is 0 Å². The SMILES string of the molecule is CCC1CCCCN1c1ccc(C(=O)N(C)Cc2ccccc2)nc1. The van der Waals surface area contributed by atoms with E-state index in [-0.39, 0.29) is 5.91 Å². The van der Waals surface area contributed by atoms with E-state index < -0.39 is 0 Å². The molecule has 1 aromatic carbocycles. The van der Waals surface area contributed by atoms with Crippen LogP contribution < -0.4 is 4.90 Å². The van der Waals surface area contributed by atoms with Crippen LogP contribution in [-0.4, -0.2) is 35.4 Å². The fraction of sp³-hybridized carbons (Fsp3) is 0.429. The average molecular weight is 337 g/mol. The van der Waals surface area contributed by atoms with E-state index in [1.807, 2.05) is 55.7 Å². The van der Waals surface area contributed by atoms with Gasteiger partial charge in [-0.3, -0.25) is 4.79 Å². The lowest BCUT2D eigenvalue weighted by Crippen LogP contribution is -2.39. The maximum atomic E-state index is 12.6. The van der Waals surface area contributed by atoms with Gasteiger partial charge in [0.15, 0.2) is 0 Å². The zero-order chi connectivity index (χ0) is 17.6. The molecule has 1 aliphatic heterocycles. The van der Waals surface area contributed by atoms with E-state index in [9.17, 15) is 4.79 Å². The first kappa shape index (κ1) is 17.5. The smallest absolute Gasteiger partial charge is 0.272 e. The molecule has 0 spiro atoms. The summed E-state index contributed by atoms with van der Waals surface area (Å²) in [5.74, 6) is -0.0407. The molecule has 1 fully saturated rings. The van der Waals surface area contributed by atoms with Gasteiger partial charge in [-0.25, -0.2) is 4.98 Å². The Kier molecular flexibility index (Phi) is 5.69. The molecule has 2 heterocycles. The number of pyridine rings is 1. The molecule has 0 saturated carbocycles. The number of aromatic nitrogens is 1. The monoisotopic (exact) mass is 337 g/mol. The molecule has 0 N–H and O–H groups in total. The lowest BCUT2D eigenvalue weighted by atomic mass is 9.99. The zero-order valence-electron chi connectivity index (χ0n) is 15.2. The van der Waals surface area contributed by atoms with Gasteiger partial charge in [0.2, 0.25) is 0 Å². The first-order valence-electron chi connectivity index (χ1n) is 9.21. The van der Waals surface area contributed by atoms with Crippen LogP contribution in [0.4, 0.5) is 5.69 Å². The predicted molar refractivity (Wildman–Crippen MR) is 102 cm³/mol. The van der Waals surface area contributed by atoms with E-state index in [0.29, 0.717) is 18.3 Å². The van der Waals surface area contributed by atoms with Crippen molar-refractivity contribution < 1.29 is 4.79 Å². The molecule has 0 bridgehead atoms. The Morgan fingerprint density at radius 2 is 2.00 bits per heavy atom. The Balaban J connectivity index is 1.68. The Labute approximate surface area is 150 Å². The summed E-state index contributed by atoms with van der Waals surface area (Å²) in [4.78, 5) is 21.2. The van der Waals surface area contributed by atoms with Crippen molar-refractivity contribution in [2.45, 2.75) is 45.2 Å². The van der Waals surface area contributed by atoms with Crippen molar-refractivity contribution in [1.29, 1.82) is 0 Å². The van der Waals surface area contributed by atoms with Gasteiger partial charge >= 0.3 is 0 Å². The van der Waals surface area contributed by atoms with Gasteiger partial charge in [0, 0.05) is 26.2 Å². The van der Waals surface area contributed by atoms with Crippen LogP contribution >= 0.6 is 0 Å². The topological polar surface area (TPSA) is 36.4 Å². The molecule has 1 amide bonds. The van der Waals surface area contributed by atoms with Crippen molar-refractivity contribution in [1.82, 2.24) is 9.88 Å². The van der Waals surface area contributed by atoms with E-state index >= 15 is 0 Å². The Bertz CT molecular complexity index is 684. The Morgan fingerprint density at radius 1 is 1.20 bits per heavy atom. The molecule has 2 aromatic rings. The number of hydrogen-bond acceptors (Lipinski definition) is 3. The van der Waals surface area contributed by atoms with Crippen molar-refractivity contribution in [2.24, 2.45) is 0 Å². The van der Waals surface area contributed by atoms with Gasteiger partial charge in [-0.1, -0.05) is 37.3 Å². The molecular weight excluding hydrogens is 310 g/mol. The normalized spacial score (nSPS) is 17.4. The number of rotatable bonds is 5. The summed E-state index contributed by atoms with van der Waals surface area (Å²) in [7, 11) is 1.82. The minimum absolute atomic E-state index is 0.0407. The first-order chi connectivity index (χ1) is 12.2. The number of hydrogen-bond donors (Lipinski definition) is 0. The number of anilines is 1. The van der Waals surface area contributed by atoms with Crippen molar-refractivity contribution in [2.75, 3.05) is 18.5 Å². The molecule has 4 heteroatoms. The van der Waals surface area contributed by atoms with E-state index in [4.69, 9.17) is 0 Å². The molecule has 132 valence electrons. The minimum Gasteiger partial charge on any atom is -0.367 e. The fourth-order valence-corrected chi connectivity index (χ4v) is 3.57. The van der Waals surface area contributed by atoms with Crippen LogP contribution in [0.5, 0.6) is 0 Å². The van der Waals surface area contributed by atoms with Gasteiger partial charge in [0.25, 0.3) is 5.91 Å². The quantitative estimate of drug-likeness (QED) is 0.823. The third kappa shape index (κ3) is 4.19. The van der Waals surface area contributed by atoms with Gasteiger partial charge < -0.3 is 9.80 Å². The number of benzene rings is 1. The Morgan fingerprint density at radius 3 is 2.68 bits per heavy atom. The highest BCUT2D eigenvalue weighted by Crippen LogP contribution is 2.26. The van der Waals surface area contributed by atoms with Crippen molar-refractivity contribution in [3.63, 3.8) is 0 Å². The Hall–Kier alpha value is -2.36. The largest absolute Gasteiger partial charge is 0.367 e. The number of carbonyl (C=O) groups is 1. The highest BCUT2D eigenvalue weighted by molar-refractivity contribution is 5.92. The van der Waals surface area contributed by atoms with Crippen LogP contribution in [0.25, 0.3) is 0 Å². The highest BCUT2D eigenvalue weighted by Gasteiger charge is 2.22. The molecule has 1 aliphatic rings. The second kappa shape index (κ2) is 8.15. The van der Waals surface area contributed by atoms with E-state index in [2.05, 4.69) is 16.8 Å². The van der Waals surface area contributed by atoms with Crippen LogP contribution in [0.1, 0.15) is 48.7 Å². The molecule has 1 saturated heterocycles. The average Bonchev–Trinajstić information content (AvgIpc) is 2.68. The van der Waals surface area contributed by atoms with E-state index in [1.54, 1.807) is 4.90 Å². The second-order valence-corrected chi connectivity index (χ2v) is 6.80. The van der Waals surface area contributed by atoms with Crippen molar-refractivity contribution in [3.8, 4) is 0 Å². The predicted octanol–water partition coefficient (Wildman–Crippen LogP) is 4.12. The van der Waals surface area contributed by atoms with Gasteiger partial charge in [0.1, 0.15) is 5.69 Å².